The zero-order valence-electron chi connectivity index (χ0n) is 14.1. The number of ether oxygens (including phenoxy) is 1. The smallest absolute Gasteiger partial charge is 0.311 e. The van der Waals surface area contributed by atoms with E-state index in [2.05, 4.69) is 31.9 Å². The maximum absolute atomic E-state index is 12.9. The minimum atomic E-state index is -4.02. The van der Waals surface area contributed by atoms with Crippen molar-refractivity contribution in [2.45, 2.75) is 10.6 Å². The highest BCUT2D eigenvalue weighted by Gasteiger charge is 2.23. The summed E-state index contributed by atoms with van der Waals surface area (Å²) in [4.78, 5) is 22.6. The van der Waals surface area contributed by atoms with E-state index in [1.54, 1.807) is 12.1 Å². The number of hydrogen-bond acceptors (Lipinski definition) is 7. The molecule has 0 aliphatic rings. The van der Waals surface area contributed by atoms with Crippen LogP contribution in [0.3, 0.4) is 0 Å². The van der Waals surface area contributed by atoms with E-state index in [0.29, 0.717) is 14.6 Å². The molecule has 11 heteroatoms. The third kappa shape index (κ3) is 4.12. The average molecular weight is 549 g/mol. The van der Waals surface area contributed by atoms with Crippen molar-refractivity contribution in [3.05, 3.63) is 70.6 Å². The molecule has 0 saturated carbocycles. The van der Waals surface area contributed by atoms with Gasteiger partial charge in [0.2, 0.25) is 0 Å². The van der Waals surface area contributed by atoms with Crippen LogP contribution in [0, 0.1) is 10.1 Å². The zero-order chi connectivity index (χ0) is 20.6. The molecule has 0 saturated heterocycles. The first kappa shape index (κ1) is 20.9. The number of methoxy groups -OCH3 is 1. The Morgan fingerprint density at radius 3 is 2.54 bits per heavy atom. The third-order valence-corrected chi connectivity index (χ3v) is 7.76. The van der Waals surface area contributed by atoms with Crippen LogP contribution in [0.2, 0.25) is 0 Å². The lowest BCUT2D eigenvalue weighted by Crippen LogP contribution is -2.14. The van der Waals surface area contributed by atoms with Gasteiger partial charge in [-0.3, -0.25) is 14.9 Å². The fourth-order valence-electron chi connectivity index (χ4n) is 2.61. The molecule has 146 valence electrons. The Balaban J connectivity index is 2.09. The fourth-order valence-corrected chi connectivity index (χ4v) is 6.89. The van der Waals surface area contributed by atoms with Crippen LogP contribution in [0.25, 0.3) is 10.1 Å². The van der Waals surface area contributed by atoms with Gasteiger partial charge in [-0.15, -0.1) is 0 Å². The van der Waals surface area contributed by atoms with Gasteiger partial charge in [-0.05, 0) is 29.8 Å². The molecular weight excluding hydrogens is 538 g/mol. The van der Waals surface area contributed by atoms with E-state index in [1.807, 2.05) is 0 Å². The summed E-state index contributed by atoms with van der Waals surface area (Å²) < 4.78 is 32.1. The maximum Gasteiger partial charge on any atom is 0.311 e. The summed E-state index contributed by atoms with van der Waals surface area (Å²) in [6.07, 6.45) is 0. The second-order valence-electron chi connectivity index (χ2n) is 5.72. The van der Waals surface area contributed by atoms with Crippen LogP contribution in [0.4, 0.5) is 5.69 Å². The van der Waals surface area contributed by atoms with Gasteiger partial charge >= 0.3 is 5.69 Å². The molecule has 3 rings (SSSR count). The second kappa shape index (κ2) is 7.90. The molecule has 28 heavy (non-hydrogen) atoms. The van der Waals surface area contributed by atoms with Gasteiger partial charge < -0.3 is 4.74 Å². The summed E-state index contributed by atoms with van der Waals surface area (Å²) in [7, 11) is -2.74. The molecule has 2 aromatic carbocycles. The molecule has 1 heterocycles. The summed E-state index contributed by atoms with van der Waals surface area (Å²) in [6, 6.07) is 8.71. The van der Waals surface area contributed by atoms with Gasteiger partial charge in [-0.25, -0.2) is 8.42 Å². The van der Waals surface area contributed by atoms with Crippen molar-refractivity contribution in [2.24, 2.45) is 0 Å². The van der Waals surface area contributed by atoms with Crippen molar-refractivity contribution in [1.82, 2.24) is 0 Å². The largest absolute Gasteiger partial charge is 0.490 e. The summed E-state index contributed by atoms with van der Waals surface area (Å²) >= 11 is 7.53. The molecule has 0 atom stereocenters. The quantitative estimate of drug-likeness (QED) is 0.339. The van der Waals surface area contributed by atoms with Crippen LogP contribution in [-0.2, 0) is 15.6 Å². The summed E-state index contributed by atoms with van der Waals surface area (Å²) in [6.45, 7) is 0. The van der Waals surface area contributed by atoms with E-state index in [0.717, 1.165) is 21.9 Å². The topological polar surface area (TPSA) is 104 Å². The first-order valence-corrected chi connectivity index (χ1v) is 11.6. The van der Waals surface area contributed by atoms with Crippen molar-refractivity contribution >= 4 is 68.8 Å². The fraction of sp³-hybridized carbons (Fsp3) is 0.118. The number of hydrogen-bond donors (Lipinski definition) is 0. The lowest BCUT2D eigenvalue weighted by Gasteiger charge is -2.08. The lowest BCUT2D eigenvalue weighted by atomic mass is 10.2. The van der Waals surface area contributed by atoms with Crippen LogP contribution in [0.15, 0.2) is 55.0 Å². The molecule has 0 aliphatic heterocycles. The predicted molar refractivity (Wildman–Crippen MR) is 114 cm³/mol. The maximum atomic E-state index is 12.9. The molecule has 0 aliphatic carbocycles. The van der Waals surface area contributed by atoms with E-state index < -0.39 is 25.3 Å². The van der Waals surface area contributed by atoms with Crippen LogP contribution >= 0.6 is 43.2 Å². The van der Waals surface area contributed by atoms with Crippen LogP contribution in [0.5, 0.6) is 5.75 Å². The highest BCUT2D eigenvalue weighted by Crippen LogP contribution is 2.32. The lowest BCUT2D eigenvalue weighted by molar-refractivity contribution is -0.385. The van der Waals surface area contributed by atoms with E-state index in [-0.39, 0.29) is 21.9 Å². The van der Waals surface area contributed by atoms with E-state index in [1.165, 1.54) is 25.3 Å². The number of nitro groups is 1. The normalized spacial score (nSPS) is 11.5. The van der Waals surface area contributed by atoms with E-state index in [4.69, 9.17) is 4.74 Å². The summed E-state index contributed by atoms with van der Waals surface area (Å²) in [5, 5.41) is 11.7. The molecular formula is C17H11Br2NO6S2. The number of halogens is 2. The van der Waals surface area contributed by atoms with Crippen molar-refractivity contribution < 1.29 is 18.1 Å². The Morgan fingerprint density at radius 1 is 1.18 bits per heavy atom. The highest BCUT2D eigenvalue weighted by molar-refractivity contribution is 9.11. The van der Waals surface area contributed by atoms with Crippen molar-refractivity contribution in [2.75, 3.05) is 7.11 Å². The number of rotatable bonds is 5. The first-order chi connectivity index (χ1) is 13.1. The van der Waals surface area contributed by atoms with Crippen LogP contribution in [0.1, 0.15) is 5.56 Å². The summed E-state index contributed by atoms with van der Waals surface area (Å²) in [5.41, 5.74) is -0.154. The number of benzene rings is 2. The van der Waals surface area contributed by atoms with E-state index in [9.17, 15) is 23.3 Å². The molecule has 0 amide bonds. The Bertz CT molecular complexity index is 1270. The monoisotopic (exact) mass is 547 g/mol. The Hall–Kier alpha value is -1.82. The van der Waals surface area contributed by atoms with E-state index >= 15 is 0 Å². The molecule has 0 bridgehead atoms. The predicted octanol–water partition coefficient (Wildman–Crippen LogP) is 4.68. The highest BCUT2D eigenvalue weighted by atomic mass is 79.9. The zero-order valence-corrected chi connectivity index (χ0v) is 18.9. The number of fused-ring (bicyclic) bond motifs is 1. The molecule has 7 nitrogen and oxygen atoms in total. The van der Waals surface area contributed by atoms with Gasteiger partial charge in [0.1, 0.15) is 4.90 Å². The van der Waals surface area contributed by atoms with Gasteiger partial charge in [0.15, 0.2) is 15.6 Å². The van der Waals surface area contributed by atoms with Gasteiger partial charge in [0, 0.05) is 25.1 Å². The third-order valence-electron chi connectivity index (χ3n) is 3.87. The van der Waals surface area contributed by atoms with Crippen molar-refractivity contribution in [3.63, 3.8) is 0 Å². The Kier molecular flexibility index (Phi) is 5.89. The first-order valence-electron chi connectivity index (χ1n) is 7.59. The van der Waals surface area contributed by atoms with Crippen molar-refractivity contribution in [3.8, 4) is 5.75 Å². The number of nitrogens with zero attached hydrogens (tertiary/aromatic N) is 1. The molecule has 0 N–H and O–H groups in total. The van der Waals surface area contributed by atoms with Gasteiger partial charge in [-0.2, -0.15) is 0 Å². The minimum Gasteiger partial charge on any atom is -0.490 e. The Labute approximate surface area is 180 Å². The molecule has 1 aromatic heterocycles. The molecule has 0 unspecified atom stereocenters. The SMILES string of the molecule is COc1ccc(CS(=O)(=O)c2cc3c(Br)cc(Br)cc3sc2=O)cc1[N+](=O)[O-]. The molecule has 0 radical (unpaired) electrons. The van der Waals surface area contributed by atoms with Crippen molar-refractivity contribution in [1.29, 1.82) is 0 Å². The van der Waals surface area contributed by atoms with Gasteiger partial charge in [-0.1, -0.05) is 49.3 Å². The van der Waals surface area contributed by atoms with Crippen LogP contribution < -0.4 is 9.48 Å². The number of sulfone groups is 1. The van der Waals surface area contributed by atoms with Crippen LogP contribution in [-0.4, -0.2) is 20.5 Å². The molecule has 0 fully saturated rings. The second-order valence-corrected chi connectivity index (χ2v) is 10.5. The molecule has 3 aromatic rings. The minimum absolute atomic E-state index is 0.0260. The Morgan fingerprint density at radius 2 is 1.89 bits per heavy atom. The standard InChI is InChI=1S/C17H11Br2NO6S2/c1-26-14-3-2-9(4-13(14)20(22)23)8-28(24,25)16-7-11-12(19)5-10(18)6-15(11)27-17(16)21/h2-7H,8H2,1H3. The average Bonchev–Trinajstić information content (AvgIpc) is 2.60. The molecule has 0 spiro atoms. The number of nitro benzene ring substituents is 1. The van der Waals surface area contributed by atoms with Gasteiger partial charge in [0.25, 0.3) is 4.74 Å². The van der Waals surface area contributed by atoms with Gasteiger partial charge in [0.05, 0.1) is 17.8 Å². The summed E-state index contributed by atoms with van der Waals surface area (Å²) in [5.74, 6) is -0.516.